The van der Waals surface area contributed by atoms with Crippen LogP contribution in [0.1, 0.15) is 5.69 Å². The molecule has 0 radical (unpaired) electrons. The van der Waals surface area contributed by atoms with E-state index in [0.717, 1.165) is 22.0 Å². The van der Waals surface area contributed by atoms with Crippen molar-refractivity contribution >= 4 is 68.8 Å². The van der Waals surface area contributed by atoms with Crippen LogP contribution in [0.2, 0.25) is 5.02 Å². The van der Waals surface area contributed by atoms with Crippen LogP contribution in [-0.4, -0.2) is 44.8 Å². The Morgan fingerprint density at radius 1 is 1.48 bits per heavy atom. The smallest absolute Gasteiger partial charge is 0.323 e. The lowest BCUT2D eigenvalue weighted by Gasteiger charge is -2.10. The van der Waals surface area contributed by atoms with Gasteiger partial charge in [-0.3, -0.25) is 14.5 Å². The van der Waals surface area contributed by atoms with Gasteiger partial charge >= 0.3 is 5.97 Å². The van der Waals surface area contributed by atoms with Gasteiger partial charge in [-0.25, -0.2) is 4.98 Å². The van der Waals surface area contributed by atoms with Gasteiger partial charge in [-0.15, -0.1) is 0 Å². The number of aliphatic carboxylic acids is 1. The number of carbonyl (C=O) groups excluding carboxylic acids is 1. The predicted octanol–water partition coefficient (Wildman–Crippen LogP) is 3.18. The Morgan fingerprint density at radius 3 is 2.92 bits per heavy atom. The van der Waals surface area contributed by atoms with Crippen LogP contribution < -0.4 is 4.74 Å². The van der Waals surface area contributed by atoms with E-state index in [-0.39, 0.29) is 4.32 Å². The van der Waals surface area contributed by atoms with Crippen molar-refractivity contribution in [1.29, 1.82) is 0 Å². The van der Waals surface area contributed by atoms with Gasteiger partial charge in [0, 0.05) is 5.39 Å². The molecule has 0 aliphatic carbocycles. The molecule has 0 saturated carbocycles. The van der Waals surface area contributed by atoms with Gasteiger partial charge in [-0.1, -0.05) is 35.6 Å². The molecule has 3 rings (SSSR count). The molecule has 0 bridgehead atoms. The van der Waals surface area contributed by atoms with Crippen molar-refractivity contribution < 1.29 is 19.4 Å². The number of methoxy groups -OCH3 is 1. The lowest BCUT2D eigenvalue weighted by molar-refractivity contribution is -0.140. The lowest BCUT2D eigenvalue weighted by atomic mass is 10.2. The maximum absolute atomic E-state index is 12.3. The van der Waals surface area contributed by atoms with Gasteiger partial charge in [0.05, 0.1) is 28.2 Å². The number of nitrogens with zero attached hydrogens (tertiary/aromatic N) is 2. The minimum atomic E-state index is -1.13. The summed E-state index contributed by atoms with van der Waals surface area (Å²) in [5, 5.41) is 10.1. The van der Waals surface area contributed by atoms with Gasteiger partial charge in [0.1, 0.15) is 16.6 Å². The first-order valence-electron chi connectivity index (χ1n) is 7.00. The van der Waals surface area contributed by atoms with Gasteiger partial charge in [0.15, 0.2) is 0 Å². The van der Waals surface area contributed by atoms with Crippen molar-refractivity contribution in [2.24, 2.45) is 0 Å². The van der Waals surface area contributed by atoms with Crippen LogP contribution in [0.15, 0.2) is 29.2 Å². The molecule has 9 heteroatoms. The van der Waals surface area contributed by atoms with Gasteiger partial charge in [-0.2, -0.15) is 0 Å². The van der Waals surface area contributed by atoms with Crippen LogP contribution in [-0.2, 0) is 9.59 Å². The third kappa shape index (κ3) is 3.60. The normalized spacial score (nSPS) is 16.1. The van der Waals surface area contributed by atoms with E-state index < -0.39 is 18.4 Å². The summed E-state index contributed by atoms with van der Waals surface area (Å²) in [6.07, 6.45) is 1.55. The zero-order valence-electron chi connectivity index (χ0n) is 12.9. The van der Waals surface area contributed by atoms with Crippen LogP contribution in [0.3, 0.4) is 0 Å². The first-order valence-corrected chi connectivity index (χ1v) is 8.61. The van der Waals surface area contributed by atoms with Gasteiger partial charge in [0.25, 0.3) is 5.91 Å². The molecule has 0 atom stereocenters. The quantitative estimate of drug-likeness (QED) is 0.630. The molecular weight excluding hydrogens is 384 g/mol. The molecule has 2 aromatic rings. The molecule has 1 aromatic heterocycles. The molecule has 0 spiro atoms. The Morgan fingerprint density at radius 2 is 2.24 bits per heavy atom. The number of halogens is 1. The Kier molecular flexibility index (Phi) is 4.94. The average molecular weight is 395 g/mol. The predicted molar refractivity (Wildman–Crippen MR) is 101 cm³/mol. The Hall–Kier alpha value is -2.16. The number of hydrogen-bond donors (Lipinski definition) is 1. The number of aromatic nitrogens is 1. The fourth-order valence-electron chi connectivity index (χ4n) is 2.29. The number of thioether (sulfide) groups is 1. The van der Waals surface area contributed by atoms with E-state index in [1.807, 2.05) is 0 Å². The lowest BCUT2D eigenvalue weighted by Crippen LogP contribution is -2.33. The molecule has 128 valence electrons. The summed E-state index contributed by atoms with van der Waals surface area (Å²) in [5.41, 5.74) is 1.14. The standard InChI is InChI=1S/C16H11ClN2O4S2/c1-23-9-2-3-12-10(6-9)11(17)4-8(18-12)5-13-15(22)19(7-14(20)21)16(24)25-13/h2-6H,7H2,1H3,(H,20,21)/b13-5+. The van der Waals surface area contributed by atoms with Crippen LogP contribution in [0.5, 0.6) is 5.75 Å². The van der Waals surface area contributed by atoms with E-state index in [4.69, 9.17) is 33.7 Å². The second-order valence-electron chi connectivity index (χ2n) is 5.07. The van der Waals surface area contributed by atoms with E-state index in [9.17, 15) is 9.59 Å². The number of carboxylic acid groups (broad SMARTS) is 1. The zero-order valence-corrected chi connectivity index (χ0v) is 15.2. The molecule has 0 unspecified atom stereocenters. The second kappa shape index (κ2) is 6.99. The van der Waals surface area contributed by atoms with E-state index in [1.165, 1.54) is 0 Å². The molecule has 1 aromatic carbocycles. The van der Waals surface area contributed by atoms with Crippen molar-refractivity contribution in [3.63, 3.8) is 0 Å². The van der Waals surface area contributed by atoms with Crippen molar-refractivity contribution in [2.75, 3.05) is 13.7 Å². The number of benzene rings is 1. The van der Waals surface area contributed by atoms with Crippen molar-refractivity contribution in [2.45, 2.75) is 0 Å². The van der Waals surface area contributed by atoms with Crippen molar-refractivity contribution in [3.8, 4) is 5.75 Å². The number of carbonyl (C=O) groups is 2. The number of carboxylic acids is 1. The Balaban J connectivity index is 1.97. The highest BCUT2D eigenvalue weighted by Crippen LogP contribution is 2.33. The van der Waals surface area contributed by atoms with E-state index in [2.05, 4.69) is 4.98 Å². The zero-order chi connectivity index (χ0) is 18.1. The first kappa shape index (κ1) is 17.7. The first-order chi connectivity index (χ1) is 11.9. The topological polar surface area (TPSA) is 79.7 Å². The molecule has 1 amide bonds. The summed E-state index contributed by atoms with van der Waals surface area (Å²) < 4.78 is 5.37. The van der Waals surface area contributed by atoms with Crippen LogP contribution in [0, 0.1) is 0 Å². The summed E-state index contributed by atoms with van der Waals surface area (Å²) in [7, 11) is 1.57. The molecule has 25 heavy (non-hydrogen) atoms. The van der Waals surface area contributed by atoms with Crippen LogP contribution >= 0.6 is 35.6 Å². The van der Waals surface area contributed by atoms with Gasteiger partial charge in [0.2, 0.25) is 0 Å². The fourth-order valence-corrected chi connectivity index (χ4v) is 3.79. The number of rotatable bonds is 4. The average Bonchev–Trinajstić information content (AvgIpc) is 2.82. The number of hydrogen-bond acceptors (Lipinski definition) is 6. The Labute approximate surface area is 157 Å². The molecule has 1 saturated heterocycles. The van der Waals surface area contributed by atoms with E-state index >= 15 is 0 Å². The molecule has 6 nitrogen and oxygen atoms in total. The molecule has 1 aliphatic rings. The summed E-state index contributed by atoms with van der Waals surface area (Å²) >= 11 is 12.4. The SMILES string of the molecule is COc1ccc2nc(/C=C3/SC(=S)N(CC(=O)O)C3=O)cc(Cl)c2c1. The number of ether oxygens (including phenoxy) is 1. The second-order valence-corrected chi connectivity index (χ2v) is 7.16. The number of pyridine rings is 1. The van der Waals surface area contributed by atoms with Crippen LogP contribution in [0.25, 0.3) is 17.0 Å². The molecule has 2 heterocycles. The fraction of sp³-hybridized carbons (Fsp3) is 0.125. The molecular formula is C16H11ClN2O4S2. The van der Waals surface area contributed by atoms with Crippen molar-refractivity contribution in [3.05, 3.63) is 39.9 Å². The summed E-state index contributed by atoms with van der Waals surface area (Å²) in [5.74, 6) is -0.915. The number of thiocarbonyl (C=S) groups is 1. The molecule has 1 aliphatic heterocycles. The number of fused-ring (bicyclic) bond motifs is 1. The third-order valence-corrected chi connectivity index (χ3v) is 5.12. The highest BCUT2D eigenvalue weighted by atomic mass is 35.5. The van der Waals surface area contributed by atoms with Gasteiger partial charge < -0.3 is 9.84 Å². The molecule has 1 N–H and O–H groups in total. The highest BCUT2D eigenvalue weighted by molar-refractivity contribution is 8.26. The summed E-state index contributed by atoms with van der Waals surface area (Å²) in [6.45, 7) is -0.465. The van der Waals surface area contributed by atoms with Crippen molar-refractivity contribution in [1.82, 2.24) is 9.88 Å². The maximum atomic E-state index is 12.3. The number of amides is 1. The minimum Gasteiger partial charge on any atom is -0.497 e. The van der Waals surface area contributed by atoms with Gasteiger partial charge in [-0.05, 0) is 30.3 Å². The third-order valence-electron chi connectivity index (χ3n) is 3.43. The van der Waals surface area contributed by atoms with E-state index in [1.54, 1.807) is 37.5 Å². The monoisotopic (exact) mass is 394 g/mol. The maximum Gasteiger partial charge on any atom is 0.323 e. The Bertz CT molecular complexity index is 945. The van der Waals surface area contributed by atoms with Crippen LogP contribution in [0.4, 0.5) is 0 Å². The molecule has 1 fully saturated rings. The highest BCUT2D eigenvalue weighted by Gasteiger charge is 2.33. The minimum absolute atomic E-state index is 0.204. The van der Waals surface area contributed by atoms with E-state index in [0.29, 0.717) is 26.9 Å². The largest absolute Gasteiger partial charge is 0.497 e. The summed E-state index contributed by atoms with van der Waals surface area (Å²) in [4.78, 5) is 28.9. The summed E-state index contributed by atoms with van der Waals surface area (Å²) in [6, 6.07) is 6.95.